The van der Waals surface area contributed by atoms with Crippen LogP contribution >= 0.6 is 0 Å². The van der Waals surface area contributed by atoms with Crippen LogP contribution in [0.4, 0.5) is 22.0 Å². The highest BCUT2D eigenvalue weighted by Crippen LogP contribution is 2.39. The quantitative estimate of drug-likeness (QED) is 0.709. The Morgan fingerprint density at radius 3 is 2.00 bits per heavy atom. The van der Waals surface area contributed by atoms with Gasteiger partial charge in [0.15, 0.2) is 0 Å². The second-order valence-electron chi connectivity index (χ2n) is 3.46. The second-order valence-corrected chi connectivity index (χ2v) is 3.46. The zero-order valence-electron chi connectivity index (χ0n) is 7.37. The van der Waals surface area contributed by atoms with Crippen molar-refractivity contribution in [3.05, 3.63) is 0 Å². The van der Waals surface area contributed by atoms with Crippen molar-refractivity contribution in [1.82, 2.24) is 5.32 Å². The number of hydrogen-bond acceptors (Lipinski definition) is 2. The first-order valence-electron chi connectivity index (χ1n) is 4.03. The minimum atomic E-state index is -5.91. The summed E-state index contributed by atoms with van der Waals surface area (Å²) in [6.07, 6.45) is -5.52. The topological polar surface area (TPSA) is 49.3 Å². The largest absolute Gasteiger partial charge is 0.463 e. The van der Waals surface area contributed by atoms with Gasteiger partial charge in [0, 0.05) is 0 Å². The van der Waals surface area contributed by atoms with E-state index < -0.39 is 30.2 Å². The molecule has 1 fully saturated rings. The van der Waals surface area contributed by atoms with E-state index in [1.165, 1.54) is 5.32 Å². The molecule has 0 unspecified atom stereocenters. The lowest BCUT2D eigenvalue weighted by molar-refractivity contribution is -0.270. The number of alkyl halides is 5. The average molecular weight is 233 g/mol. The van der Waals surface area contributed by atoms with E-state index >= 15 is 0 Å². The van der Waals surface area contributed by atoms with Gasteiger partial charge in [-0.2, -0.15) is 22.0 Å². The predicted octanol–water partition coefficient (Wildman–Crippen LogP) is 0.825. The molecule has 1 rings (SSSR count). The van der Waals surface area contributed by atoms with Gasteiger partial charge in [-0.05, 0) is 12.8 Å². The first-order chi connectivity index (χ1) is 6.65. The fourth-order valence-corrected chi connectivity index (χ4v) is 0.922. The van der Waals surface area contributed by atoms with Crippen LogP contribution in [-0.2, 0) is 4.79 Å². The molecular formula is C7H8F5NO2. The minimum Gasteiger partial charge on any atom is -0.394 e. The standard InChI is InChI=1S/C7H8F5NO2/c8-6(9,7(10,11)12)4(15)13-5(3-14)1-2-5/h14H,1-3H2,(H,13,15). The Balaban J connectivity index is 2.69. The molecule has 0 aromatic carbocycles. The van der Waals surface area contributed by atoms with E-state index in [4.69, 9.17) is 5.11 Å². The third kappa shape index (κ3) is 2.19. The third-order valence-corrected chi connectivity index (χ3v) is 2.18. The Bertz CT molecular complexity index is 271. The van der Waals surface area contributed by atoms with Crippen molar-refractivity contribution in [1.29, 1.82) is 0 Å². The van der Waals surface area contributed by atoms with Gasteiger partial charge < -0.3 is 10.4 Å². The second kappa shape index (κ2) is 3.29. The Morgan fingerprint density at radius 1 is 1.27 bits per heavy atom. The molecule has 8 heteroatoms. The highest BCUT2D eigenvalue weighted by atomic mass is 19.4. The summed E-state index contributed by atoms with van der Waals surface area (Å²) < 4.78 is 59.9. The summed E-state index contributed by atoms with van der Waals surface area (Å²) in [5, 5.41) is 10.1. The van der Waals surface area contributed by atoms with Crippen LogP contribution in [0, 0.1) is 0 Å². The SMILES string of the molecule is O=C(NC1(CO)CC1)C(F)(F)C(F)(F)F. The van der Waals surface area contributed by atoms with Crippen molar-refractivity contribution in [2.45, 2.75) is 30.5 Å². The lowest BCUT2D eigenvalue weighted by Crippen LogP contribution is -2.54. The van der Waals surface area contributed by atoms with Crippen LogP contribution in [-0.4, -0.2) is 35.3 Å². The summed E-state index contributed by atoms with van der Waals surface area (Å²) in [7, 11) is 0. The van der Waals surface area contributed by atoms with Crippen LogP contribution in [0.2, 0.25) is 0 Å². The van der Waals surface area contributed by atoms with E-state index in [1.54, 1.807) is 0 Å². The number of hydrogen-bond donors (Lipinski definition) is 2. The molecular weight excluding hydrogens is 225 g/mol. The molecule has 1 saturated carbocycles. The maximum absolute atomic E-state index is 12.4. The number of carbonyl (C=O) groups is 1. The molecule has 1 aliphatic rings. The van der Waals surface area contributed by atoms with Crippen LogP contribution in [0.1, 0.15) is 12.8 Å². The highest BCUT2D eigenvalue weighted by molar-refractivity contribution is 5.85. The lowest BCUT2D eigenvalue weighted by Gasteiger charge is -2.22. The molecule has 0 aromatic rings. The summed E-state index contributed by atoms with van der Waals surface area (Å²) in [5.41, 5.74) is -1.29. The number of aliphatic hydroxyl groups is 1. The fourth-order valence-electron chi connectivity index (χ4n) is 0.922. The van der Waals surface area contributed by atoms with E-state index in [9.17, 15) is 26.7 Å². The van der Waals surface area contributed by atoms with Crippen LogP contribution < -0.4 is 5.32 Å². The van der Waals surface area contributed by atoms with Crippen molar-refractivity contribution in [2.75, 3.05) is 6.61 Å². The van der Waals surface area contributed by atoms with Gasteiger partial charge >= 0.3 is 18.0 Å². The van der Waals surface area contributed by atoms with Gasteiger partial charge in [0.05, 0.1) is 12.1 Å². The number of amides is 1. The molecule has 0 atom stereocenters. The summed E-state index contributed by atoms with van der Waals surface area (Å²) in [6, 6.07) is 0. The maximum atomic E-state index is 12.4. The van der Waals surface area contributed by atoms with Gasteiger partial charge in [-0.1, -0.05) is 0 Å². The summed E-state index contributed by atoms with van der Waals surface area (Å²) in [4.78, 5) is 10.6. The van der Waals surface area contributed by atoms with Crippen molar-refractivity contribution in [3.63, 3.8) is 0 Å². The van der Waals surface area contributed by atoms with Gasteiger partial charge in [0.1, 0.15) is 0 Å². The Morgan fingerprint density at radius 2 is 1.73 bits per heavy atom. The molecule has 0 heterocycles. The molecule has 0 spiro atoms. The molecule has 0 aromatic heterocycles. The van der Waals surface area contributed by atoms with E-state index in [0.717, 1.165) is 0 Å². The average Bonchev–Trinajstić information content (AvgIpc) is 2.83. The van der Waals surface area contributed by atoms with Gasteiger partial charge in [0.25, 0.3) is 0 Å². The summed E-state index contributed by atoms with van der Waals surface area (Å²) in [5.74, 6) is -7.83. The molecule has 15 heavy (non-hydrogen) atoms. The zero-order valence-corrected chi connectivity index (χ0v) is 7.37. The van der Waals surface area contributed by atoms with E-state index in [2.05, 4.69) is 0 Å². The number of halogens is 5. The number of rotatable bonds is 3. The molecule has 0 bridgehead atoms. The first-order valence-corrected chi connectivity index (χ1v) is 4.03. The third-order valence-electron chi connectivity index (χ3n) is 2.18. The molecule has 0 radical (unpaired) electrons. The Labute approximate surface area is 81.3 Å². The Hall–Kier alpha value is -0.920. The van der Waals surface area contributed by atoms with Crippen LogP contribution in [0.3, 0.4) is 0 Å². The van der Waals surface area contributed by atoms with Gasteiger partial charge in [-0.15, -0.1) is 0 Å². The molecule has 1 aliphatic carbocycles. The maximum Gasteiger partial charge on any atom is 0.463 e. The van der Waals surface area contributed by atoms with E-state index in [1.807, 2.05) is 0 Å². The lowest BCUT2D eigenvalue weighted by atomic mass is 10.2. The van der Waals surface area contributed by atoms with Crippen molar-refractivity contribution >= 4 is 5.91 Å². The van der Waals surface area contributed by atoms with Crippen LogP contribution in [0.5, 0.6) is 0 Å². The number of aliphatic hydroxyl groups excluding tert-OH is 1. The van der Waals surface area contributed by atoms with Gasteiger partial charge in [0.2, 0.25) is 0 Å². The zero-order chi connectivity index (χ0) is 11.9. The van der Waals surface area contributed by atoms with E-state index in [0.29, 0.717) is 0 Å². The molecule has 0 saturated heterocycles. The van der Waals surface area contributed by atoms with Gasteiger partial charge in [-0.3, -0.25) is 4.79 Å². The number of carbonyl (C=O) groups excluding carboxylic acids is 1. The monoisotopic (exact) mass is 233 g/mol. The normalized spacial score (nSPS) is 19.9. The summed E-state index contributed by atoms with van der Waals surface area (Å²) >= 11 is 0. The van der Waals surface area contributed by atoms with Crippen LogP contribution in [0.25, 0.3) is 0 Å². The Kier molecular flexibility index (Phi) is 2.67. The van der Waals surface area contributed by atoms with Crippen molar-refractivity contribution in [2.24, 2.45) is 0 Å². The fraction of sp³-hybridized carbons (Fsp3) is 0.857. The molecule has 1 amide bonds. The molecule has 88 valence electrons. The predicted molar refractivity (Wildman–Crippen MR) is 38.2 cm³/mol. The first kappa shape index (κ1) is 12.2. The summed E-state index contributed by atoms with van der Waals surface area (Å²) in [6.45, 7) is -0.646. The number of nitrogens with one attached hydrogen (secondary N) is 1. The van der Waals surface area contributed by atoms with Crippen molar-refractivity contribution < 1.29 is 31.9 Å². The van der Waals surface area contributed by atoms with Crippen LogP contribution in [0.15, 0.2) is 0 Å². The molecule has 3 nitrogen and oxygen atoms in total. The van der Waals surface area contributed by atoms with Crippen molar-refractivity contribution in [3.8, 4) is 0 Å². The minimum absolute atomic E-state index is 0.198. The van der Waals surface area contributed by atoms with E-state index in [-0.39, 0.29) is 12.8 Å². The smallest absolute Gasteiger partial charge is 0.394 e. The molecule has 2 N–H and O–H groups in total. The molecule has 0 aliphatic heterocycles. The highest BCUT2D eigenvalue weighted by Gasteiger charge is 2.65. The van der Waals surface area contributed by atoms with Gasteiger partial charge in [-0.25, -0.2) is 0 Å².